The zero-order valence-corrected chi connectivity index (χ0v) is 10.9. The number of carbonyl (C=O) groups excluding carboxylic acids is 1. The van der Waals surface area contributed by atoms with Gasteiger partial charge in [0.1, 0.15) is 0 Å². The maximum atomic E-state index is 12.1. The number of hydrogen-bond donors (Lipinski definition) is 1. The lowest BCUT2D eigenvalue weighted by Gasteiger charge is -2.11. The van der Waals surface area contributed by atoms with Crippen molar-refractivity contribution in [2.45, 2.75) is 6.04 Å². The summed E-state index contributed by atoms with van der Waals surface area (Å²) >= 11 is 11.6. The van der Waals surface area contributed by atoms with Crippen molar-refractivity contribution in [1.82, 2.24) is 0 Å². The van der Waals surface area contributed by atoms with Crippen LogP contribution in [0.2, 0.25) is 10.0 Å². The Labute approximate surface area is 115 Å². The molecular weight excluding hydrogens is 269 g/mol. The fourth-order valence-electron chi connectivity index (χ4n) is 1.62. The molecule has 2 aromatic rings. The number of carbonyl (C=O) groups is 1. The topological polar surface area (TPSA) is 43.1 Å². The predicted octanol–water partition coefficient (Wildman–Crippen LogP) is 3.88. The molecule has 0 aliphatic rings. The van der Waals surface area contributed by atoms with Crippen LogP contribution in [0.3, 0.4) is 0 Å². The van der Waals surface area contributed by atoms with E-state index in [0.717, 1.165) is 5.56 Å². The zero-order chi connectivity index (χ0) is 13.1. The van der Waals surface area contributed by atoms with Crippen LogP contribution in [0.25, 0.3) is 0 Å². The van der Waals surface area contributed by atoms with Crippen LogP contribution in [-0.4, -0.2) is 5.78 Å². The molecule has 0 amide bonds. The van der Waals surface area contributed by atoms with Crippen molar-refractivity contribution in [2.75, 3.05) is 0 Å². The lowest BCUT2D eigenvalue weighted by molar-refractivity contribution is 0.0961. The van der Waals surface area contributed by atoms with Gasteiger partial charge in [0.15, 0.2) is 5.78 Å². The maximum Gasteiger partial charge on any atom is 0.184 e. The summed E-state index contributed by atoms with van der Waals surface area (Å²) in [6.07, 6.45) is 0. The Bertz CT molecular complexity index is 549. The van der Waals surface area contributed by atoms with Crippen molar-refractivity contribution < 1.29 is 4.79 Å². The second-order valence-corrected chi connectivity index (χ2v) is 4.77. The molecule has 2 aromatic carbocycles. The molecular formula is C14H11Cl2NO. The van der Waals surface area contributed by atoms with Crippen LogP contribution in [0.4, 0.5) is 0 Å². The van der Waals surface area contributed by atoms with E-state index in [0.29, 0.717) is 15.6 Å². The molecule has 2 N–H and O–H groups in total. The smallest absolute Gasteiger partial charge is 0.184 e. The molecule has 18 heavy (non-hydrogen) atoms. The van der Waals surface area contributed by atoms with E-state index in [-0.39, 0.29) is 5.78 Å². The van der Waals surface area contributed by atoms with Gasteiger partial charge in [0.25, 0.3) is 0 Å². The summed E-state index contributed by atoms with van der Waals surface area (Å²) in [5, 5.41) is 1.21. The number of Topliss-reactive ketones (excluding diaryl/α,β-unsaturated/α-hetero) is 1. The van der Waals surface area contributed by atoms with Gasteiger partial charge in [0.2, 0.25) is 0 Å². The van der Waals surface area contributed by atoms with E-state index in [4.69, 9.17) is 28.9 Å². The average molecular weight is 280 g/mol. The van der Waals surface area contributed by atoms with E-state index >= 15 is 0 Å². The highest BCUT2D eigenvalue weighted by Gasteiger charge is 2.17. The minimum atomic E-state index is -0.691. The quantitative estimate of drug-likeness (QED) is 0.867. The molecule has 0 saturated carbocycles. The summed E-state index contributed by atoms with van der Waals surface area (Å²) in [5.41, 5.74) is 7.21. The van der Waals surface area contributed by atoms with E-state index in [9.17, 15) is 4.79 Å². The van der Waals surface area contributed by atoms with Crippen molar-refractivity contribution in [3.8, 4) is 0 Å². The highest BCUT2D eigenvalue weighted by atomic mass is 35.5. The van der Waals surface area contributed by atoms with Gasteiger partial charge >= 0.3 is 0 Å². The summed E-state index contributed by atoms with van der Waals surface area (Å²) in [4.78, 5) is 12.1. The Kier molecular flexibility index (Phi) is 4.02. The Morgan fingerprint density at radius 1 is 0.889 bits per heavy atom. The first kappa shape index (κ1) is 13.1. The number of nitrogens with two attached hydrogens (primary N) is 1. The average Bonchev–Trinajstić information content (AvgIpc) is 2.39. The molecule has 0 aliphatic heterocycles. The normalized spacial score (nSPS) is 12.2. The van der Waals surface area contributed by atoms with E-state index in [1.54, 1.807) is 48.5 Å². The van der Waals surface area contributed by atoms with Crippen molar-refractivity contribution >= 4 is 29.0 Å². The second-order valence-electron chi connectivity index (χ2n) is 3.90. The SMILES string of the molecule is NC(C(=O)c1ccc(Cl)cc1)c1ccc(Cl)cc1. The molecule has 0 aliphatic carbocycles. The van der Waals surface area contributed by atoms with Crippen LogP contribution >= 0.6 is 23.2 Å². The highest BCUT2D eigenvalue weighted by Crippen LogP contribution is 2.19. The fraction of sp³-hybridized carbons (Fsp3) is 0.0714. The van der Waals surface area contributed by atoms with Crippen molar-refractivity contribution in [3.05, 3.63) is 69.7 Å². The number of ketones is 1. The van der Waals surface area contributed by atoms with E-state index in [1.165, 1.54) is 0 Å². The highest BCUT2D eigenvalue weighted by molar-refractivity contribution is 6.31. The first-order chi connectivity index (χ1) is 8.58. The van der Waals surface area contributed by atoms with Crippen LogP contribution < -0.4 is 5.73 Å². The summed E-state index contributed by atoms with van der Waals surface area (Å²) in [7, 11) is 0. The number of halogens is 2. The Morgan fingerprint density at radius 3 is 1.83 bits per heavy atom. The van der Waals surface area contributed by atoms with Crippen LogP contribution in [0.5, 0.6) is 0 Å². The van der Waals surface area contributed by atoms with Crippen LogP contribution in [-0.2, 0) is 0 Å². The molecule has 0 spiro atoms. The van der Waals surface area contributed by atoms with Gasteiger partial charge < -0.3 is 5.73 Å². The minimum absolute atomic E-state index is 0.144. The van der Waals surface area contributed by atoms with Gasteiger partial charge in [-0.15, -0.1) is 0 Å². The molecule has 1 atom stereocenters. The molecule has 0 aromatic heterocycles. The molecule has 2 rings (SSSR count). The number of rotatable bonds is 3. The van der Waals surface area contributed by atoms with Gasteiger partial charge in [-0.25, -0.2) is 0 Å². The zero-order valence-electron chi connectivity index (χ0n) is 9.44. The molecule has 0 fully saturated rings. The molecule has 0 saturated heterocycles. The maximum absolute atomic E-state index is 12.1. The van der Waals surface area contributed by atoms with E-state index in [2.05, 4.69) is 0 Å². The number of hydrogen-bond acceptors (Lipinski definition) is 2. The fourth-order valence-corrected chi connectivity index (χ4v) is 1.87. The third kappa shape index (κ3) is 2.91. The largest absolute Gasteiger partial charge is 0.318 e. The molecule has 2 nitrogen and oxygen atoms in total. The van der Waals surface area contributed by atoms with Crippen LogP contribution in [0.1, 0.15) is 22.0 Å². The third-order valence-electron chi connectivity index (χ3n) is 2.64. The van der Waals surface area contributed by atoms with Gasteiger partial charge in [-0.2, -0.15) is 0 Å². The van der Waals surface area contributed by atoms with E-state index in [1.807, 2.05) is 0 Å². The minimum Gasteiger partial charge on any atom is -0.318 e. The monoisotopic (exact) mass is 279 g/mol. The van der Waals surface area contributed by atoms with Crippen molar-refractivity contribution in [2.24, 2.45) is 5.73 Å². The van der Waals surface area contributed by atoms with Crippen molar-refractivity contribution in [1.29, 1.82) is 0 Å². The molecule has 1 unspecified atom stereocenters. The Balaban J connectivity index is 2.23. The standard InChI is InChI=1S/C14H11Cl2NO/c15-11-5-1-9(2-6-11)13(17)14(18)10-3-7-12(16)8-4-10/h1-8,13H,17H2. The van der Waals surface area contributed by atoms with Gasteiger partial charge in [0, 0.05) is 15.6 Å². The molecule has 0 radical (unpaired) electrons. The first-order valence-electron chi connectivity index (χ1n) is 5.39. The predicted molar refractivity (Wildman–Crippen MR) is 74.2 cm³/mol. The Hall–Kier alpha value is -1.35. The third-order valence-corrected chi connectivity index (χ3v) is 3.14. The summed E-state index contributed by atoms with van der Waals surface area (Å²) in [6, 6.07) is 12.9. The molecule has 0 heterocycles. The molecule has 4 heteroatoms. The van der Waals surface area contributed by atoms with Crippen LogP contribution in [0, 0.1) is 0 Å². The van der Waals surface area contributed by atoms with Gasteiger partial charge in [-0.1, -0.05) is 35.3 Å². The van der Waals surface area contributed by atoms with Crippen LogP contribution in [0.15, 0.2) is 48.5 Å². The lowest BCUT2D eigenvalue weighted by atomic mass is 9.98. The lowest BCUT2D eigenvalue weighted by Crippen LogP contribution is -2.21. The molecule has 0 bridgehead atoms. The second kappa shape index (κ2) is 5.53. The summed E-state index contributed by atoms with van der Waals surface area (Å²) < 4.78 is 0. The summed E-state index contributed by atoms with van der Waals surface area (Å²) in [5.74, 6) is -0.144. The Morgan fingerprint density at radius 2 is 1.33 bits per heavy atom. The molecule has 92 valence electrons. The first-order valence-corrected chi connectivity index (χ1v) is 6.14. The van der Waals surface area contributed by atoms with Gasteiger partial charge in [-0.3, -0.25) is 4.79 Å². The summed E-state index contributed by atoms with van der Waals surface area (Å²) in [6.45, 7) is 0. The van der Waals surface area contributed by atoms with Gasteiger partial charge in [-0.05, 0) is 42.0 Å². The number of benzene rings is 2. The van der Waals surface area contributed by atoms with Gasteiger partial charge in [0.05, 0.1) is 6.04 Å². The van der Waals surface area contributed by atoms with E-state index < -0.39 is 6.04 Å². The van der Waals surface area contributed by atoms with Crippen molar-refractivity contribution in [3.63, 3.8) is 0 Å².